The highest BCUT2D eigenvalue weighted by Gasteiger charge is 2.58. The molecule has 0 aliphatic heterocycles. The predicted octanol–water partition coefficient (Wildman–Crippen LogP) is 5.86. The van der Waals surface area contributed by atoms with Gasteiger partial charge in [0.15, 0.2) is 0 Å². The number of ketones is 1. The van der Waals surface area contributed by atoms with Crippen molar-refractivity contribution in [1.29, 1.82) is 0 Å². The molecule has 0 spiro atoms. The first-order valence-electron chi connectivity index (χ1n) is 12.9. The minimum absolute atomic E-state index is 0.00713. The Labute approximate surface area is 192 Å². The summed E-state index contributed by atoms with van der Waals surface area (Å²) in [4.78, 5) is 35.5. The molecule has 0 unspecified atom stereocenters. The third-order valence-electron chi connectivity index (χ3n) is 9.59. The van der Waals surface area contributed by atoms with Gasteiger partial charge in [0.05, 0.1) is 0 Å². The van der Waals surface area contributed by atoms with E-state index in [0.717, 1.165) is 70.6 Å². The number of esters is 1. The maximum atomic E-state index is 12.6. The summed E-state index contributed by atoms with van der Waals surface area (Å²) in [5.41, 5.74) is 1.61. The van der Waals surface area contributed by atoms with Gasteiger partial charge in [-0.05, 0) is 74.5 Å². The van der Waals surface area contributed by atoms with Crippen LogP contribution >= 0.6 is 0 Å². The lowest BCUT2D eigenvalue weighted by Gasteiger charge is -2.56. The largest absolute Gasteiger partial charge is 0.481 e. The molecule has 5 nitrogen and oxygen atoms in total. The second kappa shape index (κ2) is 9.30. The van der Waals surface area contributed by atoms with E-state index in [9.17, 15) is 14.4 Å². The Morgan fingerprint density at radius 3 is 2.44 bits per heavy atom. The number of rotatable bonds is 8. The Bertz CT molecular complexity index is 785. The van der Waals surface area contributed by atoms with Crippen LogP contribution < -0.4 is 0 Å². The normalized spacial score (nSPS) is 38.3. The average molecular weight is 445 g/mol. The van der Waals surface area contributed by atoms with E-state index >= 15 is 0 Å². The number of Topliss-reactive ketones (excluding diaryl/α,β-unsaturated/α-hetero) is 1. The second-order valence-corrected chi connectivity index (χ2v) is 11.3. The summed E-state index contributed by atoms with van der Waals surface area (Å²) in [7, 11) is 0. The van der Waals surface area contributed by atoms with Crippen LogP contribution in [0.4, 0.5) is 0 Å². The van der Waals surface area contributed by atoms with Crippen LogP contribution in [0.3, 0.4) is 0 Å². The van der Waals surface area contributed by atoms with Gasteiger partial charge < -0.3 is 9.84 Å². The Hall–Kier alpha value is -1.65. The van der Waals surface area contributed by atoms with Gasteiger partial charge in [-0.1, -0.05) is 38.3 Å². The number of carboxylic acid groups (broad SMARTS) is 1. The molecule has 0 aromatic heterocycles. The van der Waals surface area contributed by atoms with E-state index in [4.69, 9.17) is 9.84 Å². The zero-order valence-corrected chi connectivity index (χ0v) is 19.9. The fourth-order valence-electron chi connectivity index (χ4n) is 7.64. The molecule has 178 valence electrons. The molecule has 0 saturated heterocycles. The van der Waals surface area contributed by atoms with Crippen molar-refractivity contribution in [2.24, 2.45) is 28.6 Å². The average Bonchev–Trinajstić information content (AvgIpc) is 3.05. The summed E-state index contributed by atoms with van der Waals surface area (Å²) in [6, 6.07) is 0. The Morgan fingerprint density at radius 1 is 1.00 bits per heavy atom. The highest BCUT2D eigenvalue weighted by molar-refractivity contribution is 5.87. The van der Waals surface area contributed by atoms with E-state index in [0.29, 0.717) is 36.4 Å². The van der Waals surface area contributed by atoms with E-state index in [1.54, 1.807) is 0 Å². The molecule has 0 bridgehead atoms. The molecule has 0 heterocycles. The van der Waals surface area contributed by atoms with E-state index in [2.05, 4.69) is 19.9 Å². The van der Waals surface area contributed by atoms with Gasteiger partial charge in [-0.25, -0.2) is 0 Å². The van der Waals surface area contributed by atoms with Gasteiger partial charge in [-0.3, -0.25) is 14.4 Å². The van der Waals surface area contributed by atoms with Crippen molar-refractivity contribution < 1.29 is 24.2 Å². The number of carbonyl (C=O) groups excluding carboxylic acids is 2. The van der Waals surface area contributed by atoms with Crippen molar-refractivity contribution in [3.8, 4) is 0 Å². The molecule has 4 aliphatic rings. The summed E-state index contributed by atoms with van der Waals surface area (Å²) >= 11 is 0. The van der Waals surface area contributed by atoms with Gasteiger partial charge in [0.1, 0.15) is 11.9 Å². The standard InChI is InChI=1S/C27H40O5/c1-26-15-13-19(32-25(31)8-6-4-3-5-7-24(29)30)17-18(26)9-10-20-21-11-12-23(28)27(21,2)16-14-22(20)26/h9,19-22H,3-8,10-17H2,1-2H3,(H,29,30)/t19-,20-,21-,22-,26-,27-/m0/s1. The number of unbranched alkanes of at least 4 members (excludes halogenated alkanes) is 3. The van der Waals surface area contributed by atoms with Crippen LogP contribution in [-0.2, 0) is 19.1 Å². The second-order valence-electron chi connectivity index (χ2n) is 11.3. The minimum atomic E-state index is -0.754. The molecule has 0 amide bonds. The summed E-state index contributed by atoms with van der Waals surface area (Å²) in [5, 5.41) is 8.67. The summed E-state index contributed by atoms with van der Waals surface area (Å²) in [6.45, 7) is 4.66. The maximum Gasteiger partial charge on any atom is 0.306 e. The van der Waals surface area contributed by atoms with Crippen molar-refractivity contribution in [3.05, 3.63) is 11.6 Å². The molecule has 5 heteroatoms. The quantitative estimate of drug-likeness (QED) is 0.288. The zero-order chi connectivity index (χ0) is 22.9. The smallest absolute Gasteiger partial charge is 0.306 e. The van der Waals surface area contributed by atoms with Crippen molar-refractivity contribution in [1.82, 2.24) is 0 Å². The van der Waals surface area contributed by atoms with E-state index in [-0.39, 0.29) is 29.3 Å². The number of hydrogen-bond acceptors (Lipinski definition) is 4. The van der Waals surface area contributed by atoms with Gasteiger partial charge in [0.25, 0.3) is 0 Å². The number of aliphatic carboxylic acids is 1. The van der Waals surface area contributed by atoms with Crippen LogP contribution in [-0.4, -0.2) is 28.9 Å². The molecule has 3 saturated carbocycles. The van der Waals surface area contributed by atoms with Crippen LogP contribution in [0.25, 0.3) is 0 Å². The molecular formula is C27H40O5. The molecule has 0 aromatic carbocycles. The van der Waals surface area contributed by atoms with Gasteiger partial charge in [-0.2, -0.15) is 0 Å². The van der Waals surface area contributed by atoms with E-state index in [1.807, 2.05) is 0 Å². The molecule has 1 N–H and O–H groups in total. The SMILES string of the molecule is C[C@]12CC[C@H](OC(=O)CCCCCCC(=O)O)CC1=CC[C@@H]1[C@@H]2CC[C@]2(C)C(=O)CC[C@@H]12. The lowest BCUT2D eigenvalue weighted by Crippen LogP contribution is -2.50. The first-order valence-corrected chi connectivity index (χ1v) is 12.9. The maximum absolute atomic E-state index is 12.6. The molecule has 32 heavy (non-hydrogen) atoms. The van der Waals surface area contributed by atoms with Gasteiger partial charge in [0.2, 0.25) is 0 Å². The van der Waals surface area contributed by atoms with Crippen molar-refractivity contribution in [2.45, 2.75) is 110 Å². The third-order valence-corrected chi connectivity index (χ3v) is 9.59. The van der Waals surface area contributed by atoms with Gasteiger partial charge in [0, 0.05) is 31.1 Å². The molecule has 0 aromatic rings. The van der Waals surface area contributed by atoms with Crippen LogP contribution in [0.5, 0.6) is 0 Å². The Balaban J connectivity index is 1.29. The first kappa shape index (κ1) is 23.5. The predicted molar refractivity (Wildman–Crippen MR) is 122 cm³/mol. The number of carbonyl (C=O) groups is 3. The van der Waals surface area contributed by atoms with Crippen LogP contribution in [0.15, 0.2) is 11.6 Å². The summed E-state index contributed by atoms with van der Waals surface area (Å²) in [5.74, 6) is 1.48. The fraction of sp³-hybridized carbons (Fsp3) is 0.815. The first-order chi connectivity index (χ1) is 15.2. The summed E-state index contributed by atoms with van der Waals surface area (Å²) < 4.78 is 5.85. The topological polar surface area (TPSA) is 80.7 Å². The van der Waals surface area contributed by atoms with Gasteiger partial charge >= 0.3 is 11.9 Å². The van der Waals surface area contributed by atoms with E-state index < -0.39 is 5.97 Å². The van der Waals surface area contributed by atoms with Crippen LogP contribution in [0, 0.1) is 28.6 Å². The van der Waals surface area contributed by atoms with Gasteiger partial charge in [-0.15, -0.1) is 0 Å². The molecule has 3 fully saturated rings. The minimum Gasteiger partial charge on any atom is -0.481 e. The number of fused-ring (bicyclic) bond motifs is 5. The highest BCUT2D eigenvalue weighted by Crippen LogP contribution is 2.64. The lowest BCUT2D eigenvalue weighted by molar-refractivity contribution is -0.151. The van der Waals surface area contributed by atoms with Crippen molar-refractivity contribution in [3.63, 3.8) is 0 Å². The third kappa shape index (κ3) is 4.41. The van der Waals surface area contributed by atoms with E-state index in [1.165, 1.54) is 5.57 Å². The number of ether oxygens (including phenoxy) is 1. The molecule has 6 atom stereocenters. The molecular weight excluding hydrogens is 404 g/mol. The molecule has 0 radical (unpaired) electrons. The fourth-order valence-corrected chi connectivity index (χ4v) is 7.64. The summed E-state index contributed by atoms with van der Waals surface area (Å²) in [6.07, 6.45) is 14.3. The monoisotopic (exact) mass is 444 g/mol. The number of allylic oxidation sites excluding steroid dienone is 1. The molecule has 4 aliphatic carbocycles. The highest BCUT2D eigenvalue weighted by atomic mass is 16.5. The molecule has 4 rings (SSSR count). The zero-order valence-electron chi connectivity index (χ0n) is 19.9. The Morgan fingerprint density at radius 2 is 1.69 bits per heavy atom. The lowest BCUT2D eigenvalue weighted by atomic mass is 9.48. The van der Waals surface area contributed by atoms with Crippen molar-refractivity contribution >= 4 is 17.7 Å². The Kier molecular flexibility index (Phi) is 6.84. The van der Waals surface area contributed by atoms with Crippen molar-refractivity contribution in [2.75, 3.05) is 0 Å². The van der Waals surface area contributed by atoms with Crippen LogP contribution in [0.1, 0.15) is 104 Å². The number of hydrogen-bond donors (Lipinski definition) is 1. The van der Waals surface area contributed by atoms with Crippen LogP contribution in [0.2, 0.25) is 0 Å². The number of carboxylic acids is 1.